The summed E-state index contributed by atoms with van der Waals surface area (Å²) in [6.07, 6.45) is 0.755. The second-order valence-electron chi connectivity index (χ2n) is 8.73. The summed E-state index contributed by atoms with van der Waals surface area (Å²) in [4.78, 5) is 26.5. The van der Waals surface area contributed by atoms with E-state index < -0.39 is 34.3 Å². The number of carbonyl (C=O) groups excluding carboxylic acids is 2. The van der Waals surface area contributed by atoms with Gasteiger partial charge in [0.1, 0.15) is 5.82 Å². The number of halogens is 1. The van der Waals surface area contributed by atoms with E-state index in [2.05, 4.69) is 29.2 Å². The minimum atomic E-state index is -4.01. The molecular formula is C20H31FN4O4S. The summed E-state index contributed by atoms with van der Waals surface area (Å²) >= 11 is 0. The fourth-order valence-electron chi connectivity index (χ4n) is 3.58. The third-order valence-electron chi connectivity index (χ3n) is 5.30. The number of sulfonamides is 1. The maximum Gasteiger partial charge on any atom is 0.241 e. The SMILES string of the molecule is CC(NC(=O)CNS(=O)(=O)c1cccc(F)c1)C(C)NC(=O)C1CC(C)(C)CN1C. The van der Waals surface area contributed by atoms with Gasteiger partial charge in [0, 0.05) is 18.6 Å². The molecule has 3 N–H and O–H groups in total. The highest BCUT2D eigenvalue weighted by molar-refractivity contribution is 7.89. The number of carbonyl (C=O) groups is 2. The Kier molecular flexibility index (Phi) is 7.59. The minimum Gasteiger partial charge on any atom is -0.350 e. The van der Waals surface area contributed by atoms with Crippen LogP contribution in [0.4, 0.5) is 4.39 Å². The largest absolute Gasteiger partial charge is 0.350 e. The van der Waals surface area contributed by atoms with Gasteiger partial charge in [-0.2, -0.15) is 0 Å². The van der Waals surface area contributed by atoms with E-state index >= 15 is 0 Å². The van der Waals surface area contributed by atoms with Crippen LogP contribution >= 0.6 is 0 Å². The van der Waals surface area contributed by atoms with Crippen LogP contribution in [0.3, 0.4) is 0 Å². The monoisotopic (exact) mass is 442 g/mol. The Labute approximate surface area is 177 Å². The van der Waals surface area contributed by atoms with E-state index in [1.807, 2.05) is 11.9 Å². The van der Waals surface area contributed by atoms with Crippen LogP contribution in [-0.2, 0) is 19.6 Å². The van der Waals surface area contributed by atoms with Crippen molar-refractivity contribution < 1.29 is 22.4 Å². The van der Waals surface area contributed by atoms with Crippen molar-refractivity contribution in [1.29, 1.82) is 0 Å². The average Bonchev–Trinajstić information content (AvgIpc) is 2.92. The quantitative estimate of drug-likeness (QED) is 0.553. The Hall–Kier alpha value is -2.04. The first-order chi connectivity index (χ1) is 13.8. The average molecular weight is 443 g/mol. The standard InChI is InChI=1S/C20H31FN4O4S/c1-13(14(2)24-19(27)17-10-20(3,4)12-25(17)5)23-18(26)11-22-30(28,29)16-8-6-7-15(21)9-16/h6-9,13-14,17,22H,10-12H2,1-5H3,(H,23,26)(H,24,27). The molecule has 3 atom stereocenters. The molecule has 8 nitrogen and oxygen atoms in total. The molecule has 10 heteroatoms. The zero-order valence-corrected chi connectivity index (χ0v) is 18.8. The van der Waals surface area contributed by atoms with Gasteiger partial charge in [-0.15, -0.1) is 0 Å². The van der Waals surface area contributed by atoms with E-state index in [1.165, 1.54) is 12.1 Å². The minimum absolute atomic E-state index is 0.0681. The lowest BCUT2D eigenvalue weighted by molar-refractivity contribution is -0.126. The number of likely N-dealkylation sites (tertiary alicyclic amines) is 1. The molecule has 0 spiro atoms. The number of likely N-dealkylation sites (N-methyl/N-ethyl adjacent to an activating group) is 1. The number of rotatable bonds is 8. The fourth-order valence-corrected chi connectivity index (χ4v) is 4.59. The third-order valence-corrected chi connectivity index (χ3v) is 6.69. The van der Waals surface area contributed by atoms with E-state index in [1.54, 1.807) is 13.8 Å². The van der Waals surface area contributed by atoms with Crippen molar-refractivity contribution >= 4 is 21.8 Å². The van der Waals surface area contributed by atoms with Crippen molar-refractivity contribution in [2.45, 2.75) is 57.1 Å². The molecule has 30 heavy (non-hydrogen) atoms. The third kappa shape index (κ3) is 6.48. The second-order valence-corrected chi connectivity index (χ2v) is 10.5. The first kappa shape index (κ1) is 24.2. The number of hydrogen-bond acceptors (Lipinski definition) is 5. The molecule has 1 heterocycles. The summed E-state index contributed by atoms with van der Waals surface area (Å²) in [5.41, 5.74) is 0.0681. The van der Waals surface area contributed by atoms with Crippen molar-refractivity contribution in [3.05, 3.63) is 30.1 Å². The van der Waals surface area contributed by atoms with E-state index in [9.17, 15) is 22.4 Å². The van der Waals surface area contributed by atoms with Gasteiger partial charge >= 0.3 is 0 Å². The Morgan fingerprint density at radius 1 is 1.23 bits per heavy atom. The van der Waals surface area contributed by atoms with Gasteiger partial charge in [0.05, 0.1) is 17.5 Å². The fraction of sp³-hybridized carbons (Fsp3) is 0.600. The lowest BCUT2D eigenvalue weighted by Crippen LogP contribution is -2.53. The van der Waals surface area contributed by atoms with Gasteiger partial charge in [0.2, 0.25) is 21.8 Å². The number of hydrogen-bond donors (Lipinski definition) is 3. The summed E-state index contributed by atoms with van der Waals surface area (Å²) < 4.78 is 39.7. The zero-order valence-electron chi connectivity index (χ0n) is 18.0. The molecule has 0 radical (unpaired) electrons. The van der Waals surface area contributed by atoms with Crippen LogP contribution in [0, 0.1) is 11.2 Å². The van der Waals surface area contributed by atoms with Crippen LogP contribution in [0.5, 0.6) is 0 Å². The Morgan fingerprint density at radius 2 is 1.87 bits per heavy atom. The maximum absolute atomic E-state index is 13.2. The molecule has 168 valence electrons. The number of nitrogens with one attached hydrogen (secondary N) is 3. The van der Waals surface area contributed by atoms with E-state index in [4.69, 9.17) is 0 Å². The summed E-state index contributed by atoms with van der Waals surface area (Å²) in [6.45, 7) is 8.08. The highest BCUT2D eigenvalue weighted by atomic mass is 32.2. The summed E-state index contributed by atoms with van der Waals surface area (Å²) in [6, 6.07) is 3.54. The van der Waals surface area contributed by atoms with Gasteiger partial charge in [0.25, 0.3) is 0 Å². The van der Waals surface area contributed by atoms with Crippen molar-refractivity contribution in [3.63, 3.8) is 0 Å². The van der Waals surface area contributed by atoms with Crippen molar-refractivity contribution in [2.24, 2.45) is 5.41 Å². The molecule has 0 aliphatic carbocycles. The molecule has 0 bridgehead atoms. The smallest absolute Gasteiger partial charge is 0.241 e. The van der Waals surface area contributed by atoms with Crippen LogP contribution in [0.15, 0.2) is 29.2 Å². The predicted molar refractivity (Wildman–Crippen MR) is 112 cm³/mol. The molecule has 0 aromatic heterocycles. The molecule has 2 amide bonds. The van der Waals surface area contributed by atoms with Crippen LogP contribution in [0.1, 0.15) is 34.1 Å². The lowest BCUT2D eigenvalue weighted by atomic mass is 9.90. The Morgan fingerprint density at radius 3 is 2.43 bits per heavy atom. The van der Waals surface area contributed by atoms with E-state index in [-0.39, 0.29) is 28.3 Å². The lowest BCUT2D eigenvalue weighted by Gasteiger charge is -2.26. The van der Waals surface area contributed by atoms with Crippen molar-refractivity contribution in [3.8, 4) is 0 Å². The van der Waals surface area contributed by atoms with Crippen LogP contribution in [-0.4, -0.2) is 63.4 Å². The molecular weight excluding hydrogens is 411 g/mol. The first-order valence-corrected chi connectivity index (χ1v) is 11.3. The molecule has 1 fully saturated rings. The normalized spacial score (nSPS) is 21.1. The van der Waals surface area contributed by atoms with Crippen LogP contribution in [0.25, 0.3) is 0 Å². The molecule has 2 rings (SSSR count). The van der Waals surface area contributed by atoms with Gasteiger partial charge in [-0.25, -0.2) is 17.5 Å². The topological polar surface area (TPSA) is 108 Å². The van der Waals surface area contributed by atoms with E-state index in [0.717, 1.165) is 25.1 Å². The number of benzene rings is 1. The molecule has 1 aliphatic rings. The summed E-state index contributed by atoms with van der Waals surface area (Å²) in [5.74, 6) is -1.33. The van der Waals surface area contributed by atoms with Gasteiger partial charge in [-0.1, -0.05) is 19.9 Å². The van der Waals surface area contributed by atoms with E-state index in [0.29, 0.717) is 0 Å². The highest BCUT2D eigenvalue weighted by Crippen LogP contribution is 2.32. The van der Waals surface area contributed by atoms with Crippen LogP contribution < -0.4 is 15.4 Å². The van der Waals surface area contributed by atoms with Gasteiger partial charge in [-0.05, 0) is 50.9 Å². The molecule has 1 saturated heterocycles. The van der Waals surface area contributed by atoms with Crippen molar-refractivity contribution in [1.82, 2.24) is 20.3 Å². The summed E-state index contributed by atoms with van der Waals surface area (Å²) in [5, 5.41) is 5.59. The predicted octanol–water partition coefficient (Wildman–Crippen LogP) is 0.844. The molecule has 1 aromatic carbocycles. The van der Waals surface area contributed by atoms with Crippen LogP contribution in [0.2, 0.25) is 0 Å². The van der Waals surface area contributed by atoms with Gasteiger partial charge < -0.3 is 10.6 Å². The van der Waals surface area contributed by atoms with Gasteiger partial charge in [0.15, 0.2) is 0 Å². The molecule has 1 aromatic rings. The number of nitrogens with zero attached hydrogens (tertiary/aromatic N) is 1. The molecule has 1 aliphatic heterocycles. The molecule has 3 unspecified atom stereocenters. The Bertz CT molecular complexity index is 891. The molecule has 0 saturated carbocycles. The Balaban J connectivity index is 1.84. The number of amides is 2. The second kappa shape index (κ2) is 9.40. The van der Waals surface area contributed by atoms with Crippen molar-refractivity contribution in [2.75, 3.05) is 20.1 Å². The maximum atomic E-state index is 13.2. The highest BCUT2D eigenvalue weighted by Gasteiger charge is 2.39. The summed E-state index contributed by atoms with van der Waals surface area (Å²) in [7, 11) is -2.09. The first-order valence-electron chi connectivity index (χ1n) is 9.86. The van der Waals surface area contributed by atoms with Gasteiger partial charge in [-0.3, -0.25) is 14.5 Å². The zero-order chi connectivity index (χ0) is 22.7.